The zero-order valence-corrected chi connectivity index (χ0v) is 12.9. The van der Waals surface area contributed by atoms with Gasteiger partial charge in [0.05, 0.1) is 6.20 Å². The summed E-state index contributed by atoms with van der Waals surface area (Å²) < 4.78 is 1.92. The van der Waals surface area contributed by atoms with E-state index in [9.17, 15) is 0 Å². The van der Waals surface area contributed by atoms with Crippen LogP contribution in [0.25, 0.3) is 0 Å². The Morgan fingerprint density at radius 2 is 1.89 bits per heavy atom. The molecular weight excluding hydrogens is 234 g/mol. The Morgan fingerprint density at radius 1 is 1.26 bits per heavy atom. The predicted molar refractivity (Wildman–Crippen MR) is 79.9 cm³/mol. The molecule has 1 aromatic heterocycles. The van der Waals surface area contributed by atoms with Crippen molar-refractivity contribution in [2.24, 2.45) is 24.8 Å². The van der Waals surface area contributed by atoms with Crippen LogP contribution in [0.1, 0.15) is 58.1 Å². The van der Waals surface area contributed by atoms with Crippen molar-refractivity contribution < 1.29 is 0 Å². The predicted octanol–water partition coefficient (Wildman–Crippen LogP) is 3.53. The second kappa shape index (κ2) is 6.56. The molecule has 3 heteroatoms. The van der Waals surface area contributed by atoms with Gasteiger partial charge in [-0.1, -0.05) is 20.8 Å². The lowest BCUT2D eigenvalue weighted by atomic mass is 9.73. The maximum atomic E-state index is 4.33. The third kappa shape index (κ3) is 3.59. The zero-order chi connectivity index (χ0) is 13.8. The van der Waals surface area contributed by atoms with Crippen molar-refractivity contribution >= 4 is 0 Å². The van der Waals surface area contributed by atoms with E-state index in [0.29, 0.717) is 6.04 Å². The molecule has 0 saturated heterocycles. The first kappa shape index (κ1) is 14.6. The molecule has 1 aliphatic rings. The molecule has 1 saturated carbocycles. The number of aryl methyl sites for hydroxylation is 1. The van der Waals surface area contributed by atoms with Crippen LogP contribution in [0.3, 0.4) is 0 Å². The topological polar surface area (TPSA) is 29.9 Å². The minimum absolute atomic E-state index is 0.492. The first-order valence-corrected chi connectivity index (χ1v) is 7.83. The maximum Gasteiger partial charge on any atom is 0.0537 e. The minimum atomic E-state index is 0.492. The van der Waals surface area contributed by atoms with E-state index in [0.717, 1.165) is 24.3 Å². The van der Waals surface area contributed by atoms with Crippen LogP contribution in [0.4, 0.5) is 0 Å². The fourth-order valence-electron chi connectivity index (χ4n) is 3.52. The van der Waals surface area contributed by atoms with Crippen LogP contribution in [0.2, 0.25) is 0 Å². The molecular formula is C16H29N3. The Balaban J connectivity index is 2.01. The molecule has 3 nitrogen and oxygen atoms in total. The van der Waals surface area contributed by atoms with Gasteiger partial charge in [-0.15, -0.1) is 0 Å². The van der Waals surface area contributed by atoms with Crippen molar-refractivity contribution in [3.63, 3.8) is 0 Å². The van der Waals surface area contributed by atoms with Crippen LogP contribution in [-0.4, -0.2) is 16.3 Å². The molecule has 1 N–H and O–H groups in total. The summed E-state index contributed by atoms with van der Waals surface area (Å²) in [6.07, 6.45) is 9.70. The Morgan fingerprint density at radius 3 is 2.37 bits per heavy atom. The van der Waals surface area contributed by atoms with Gasteiger partial charge in [0, 0.05) is 24.8 Å². The summed E-state index contributed by atoms with van der Waals surface area (Å²) >= 11 is 0. The molecule has 0 aliphatic heterocycles. The largest absolute Gasteiger partial charge is 0.310 e. The van der Waals surface area contributed by atoms with Gasteiger partial charge in [-0.2, -0.15) is 5.10 Å². The third-order valence-electron chi connectivity index (χ3n) is 4.74. The Hall–Kier alpha value is -0.830. The van der Waals surface area contributed by atoms with Gasteiger partial charge in [-0.3, -0.25) is 4.68 Å². The first-order valence-electron chi connectivity index (χ1n) is 7.83. The lowest BCUT2D eigenvalue weighted by Crippen LogP contribution is -2.31. The quantitative estimate of drug-likeness (QED) is 0.880. The molecule has 1 heterocycles. The molecule has 1 aromatic rings. The van der Waals surface area contributed by atoms with Gasteiger partial charge >= 0.3 is 0 Å². The zero-order valence-electron chi connectivity index (χ0n) is 12.9. The average Bonchev–Trinajstić information content (AvgIpc) is 2.82. The smallest absolute Gasteiger partial charge is 0.0537 e. The number of rotatable bonds is 5. The van der Waals surface area contributed by atoms with Crippen LogP contribution in [0.15, 0.2) is 12.4 Å². The van der Waals surface area contributed by atoms with Crippen LogP contribution in [0, 0.1) is 17.8 Å². The highest BCUT2D eigenvalue weighted by molar-refractivity contribution is 5.12. The summed E-state index contributed by atoms with van der Waals surface area (Å²) in [5, 5.41) is 8.01. The van der Waals surface area contributed by atoms with Gasteiger partial charge < -0.3 is 5.32 Å². The highest BCUT2D eigenvalue weighted by Gasteiger charge is 2.29. The Kier molecular flexibility index (Phi) is 5.03. The van der Waals surface area contributed by atoms with Gasteiger partial charge in [0.15, 0.2) is 0 Å². The van der Waals surface area contributed by atoms with Crippen LogP contribution in [0.5, 0.6) is 0 Å². The van der Waals surface area contributed by atoms with E-state index in [2.05, 4.69) is 37.4 Å². The van der Waals surface area contributed by atoms with E-state index in [1.165, 1.54) is 31.2 Å². The van der Waals surface area contributed by atoms with Gasteiger partial charge in [-0.05, 0) is 50.0 Å². The van der Waals surface area contributed by atoms with Crippen molar-refractivity contribution in [1.82, 2.24) is 15.1 Å². The van der Waals surface area contributed by atoms with E-state index in [1.54, 1.807) is 0 Å². The van der Waals surface area contributed by atoms with Gasteiger partial charge in [-0.25, -0.2) is 0 Å². The molecule has 1 atom stereocenters. The summed E-state index contributed by atoms with van der Waals surface area (Å²) in [4.78, 5) is 0. The maximum absolute atomic E-state index is 4.33. The van der Waals surface area contributed by atoms with Gasteiger partial charge in [0.2, 0.25) is 0 Å². The van der Waals surface area contributed by atoms with E-state index < -0.39 is 0 Å². The van der Waals surface area contributed by atoms with Crippen LogP contribution in [-0.2, 0) is 7.05 Å². The summed E-state index contributed by atoms with van der Waals surface area (Å²) in [6, 6.07) is 0.492. The Labute approximate surface area is 117 Å². The fourth-order valence-corrected chi connectivity index (χ4v) is 3.52. The lowest BCUT2D eigenvalue weighted by molar-refractivity contribution is 0.190. The molecule has 108 valence electrons. The van der Waals surface area contributed by atoms with Crippen molar-refractivity contribution in [3.8, 4) is 0 Å². The van der Waals surface area contributed by atoms with Gasteiger partial charge in [0.25, 0.3) is 0 Å². The first-order chi connectivity index (χ1) is 9.11. The number of nitrogens with one attached hydrogen (secondary N) is 1. The molecule has 1 aliphatic carbocycles. The molecule has 1 unspecified atom stereocenters. The second-order valence-electron chi connectivity index (χ2n) is 6.40. The minimum Gasteiger partial charge on any atom is -0.310 e. The number of hydrogen-bond acceptors (Lipinski definition) is 2. The molecule has 0 spiro atoms. The molecule has 0 bridgehead atoms. The van der Waals surface area contributed by atoms with E-state index >= 15 is 0 Å². The molecule has 2 rings (SSSR count). The van der Waals surface area contributed by atoms with Crippen molar-refractivity contribution in [1.29, 1.82) is 0 Å². The van der Waals surface area contributed by atoms with Gasteiger partial charge in [0.1, 0.15) is 0 Å². The van der Waals surface area contributed by atoms with Crippen LogP contribution < -0.4 is 5.32 Å². The number of nitrogens with zero attached hydrogens (tertiary/aromatic N) is 2. The highest BCUT2D eigenvalue weighted by atomic mass is 15.2. The van der Waals surface area contributed by atoms with Crippen molar-refractivity contribution in [2.45, 2.75) is 52.5 Å². The molecule has 1 fully saturated rings. The Bertz CT molecular complexity index is 375. The van der Waals surface area contributed by atoms with Crippen LogP contribution >= 0.6 is 0 Å². The van der Waals surface area contributed by atoms with E-state index in [4.69, 9.17) is 0 Å². The summed E-state index contributed by atoms with van der Waals surface area (Å²) in [7, 11) is 2.00. The SMILES string of the molecule is CCNC(c1cnn(C)c1)C1CCC(C(C)C)CC1. The molecule has 0 radical (unpaired) electrons. The average molecular weight is 263 g/mol. The normalized spacial score (nSPS) is 25.7. The van der Waals surface area contributed by atoms with Crippen molar-refractivity contribution in [2.75, 3.05) is 6.54 Å². The summed E-state index contributed by atoms with van der Waals surface area (Å²) in [5.41, 5.74) is 1.36. The highest BCUT2D eigenvalue weighted by Crippen LogP contribution is 2.39. The third-order valence-corrected chi connectivity index (χ3v) is 4.74. The number of hydrogen-bond donors (Lipinski definition) is 1. The molecule has 19 heavy (non-hydrogen) atoms. The number of aromatic nitrogens is 2. The van der Waals surface area contributed by atoms with E-state index in [1.807, 2.05) is 17.9 Å². The summed E-state index contributed by atoms with van der Waals surface area (Å²) in [6.45, 7) is 7.97. The molecule has 0 aromatic carbocycles. The van der Waals surface area contributed by atoms with Crippen molar-refractivity contribution in [3.05, 3.63) is 18.0 Å². The van der Waals surface area contributed by atoms with E-state index in [-0.39, 0.29) is 0 Å². The second-order valence-corrected chi connectivity index (χ2v) is 6.40. The lowest BCUT2D eigenvalue weighted by Gasteiger charge is -2.35. The molecule has 0 amide bonds. The summed E-state index contributed by atoms with van der Waals surface area (Å²) in [5.74, 6) is 2.56. The standard InChI is InChI=1S/C16H29N3/c1-5-17-16(15-10-18-19(4)11-15)14-8-6-13(7-9-14)12(2)3/h10-14,16-17H,5-9H2,1-4H3. The fraction of sp³-hybridized carbons (Fsp3) is 0.812. The monoisotopic (exact) mass is 263 g/mol.